The van der Waals surface area contributed by atoms with Crippen LogP contribution in [0.25, 0.3) is 0 Å². The Morgan fingerprint density at radius 3 is 3.00 bits per heavy atom. The van der Waals surface area contributed by atoms with Crippen LogP contribution in [0.5, 0.6) is 0 Å². The first-order valence-electron chi connectivity index (χ1n) is 6.96. The summed E-state index contributed by atoms with van der Waals surface area (Å²) in [7, 11) is 0. The quantitative estimate of drug-likeness (QED) is 0.895. The van der Waals surface area contributed by atoms with Crippen molar-refractivity contribution in [3.63, 3.8) is 0 Å². The molecule has 1 aromatic rings. The molecule has 4 nitrogen and oxygen atoms in total. The van der Waals surface area contributed by atoms with Gasteiger partial charge in [0.1, 0.15) is 0 Å². The van der Waals surface area contributed by atoms with E-state index in [1.165, 1.54) is 5.69 Å². The second-order valence-electron chi connectivity index (χ2n) is 5.82. The Hall–Kier alpha value is -0.870. The molecular weight excluding hydrogens is 226 g/mol. The Bertz CT molecular complexity index is 375. The van der Waals surface area contributed by atoms with Gasteiger partial charge in [-0.05, 0) is 32.1 Å². The molecule has 1 aromatic heterocycles. The summed E-state index contributed by atoms with van der Waals surface area (Å²) in [5.74, 6) is 0.608. The van der Waals surface area contributed by atoms with Crippen LogP contribution < -0.4 is 5.73 Å². The van der Waals surface area contributed by atoms with E-state index in [-0.39, 0.29) is 6.04 Å². The highest BCUT2D eigenvalue weighted by Gasteiger charge is 2.24. The molecular formula is C14H25N3O. The fourth-order valence-corrected chi connectivity index (χ4v) is 2.76. The minimum absolute atomic E-state index is 0.0886. The molecule has 0 amide bonds. The zero-order chi connectivity index (χ0) is 13.1. The van der Waals surface area contributed by atoms with Gasteiger partial charge in [0.15, 0.2) is 0 Å². The Labute approximate surface area is 110 Å². The minimum atomic E-state index is 0.0886. The molecule has 0 spiro atoms. The number of imidazole rings is 1. The van der Waals surface area contributed by atoms with E-state index in [0.717, 1.165) is 25.9 Å². The van der Waals surface area contributed by atoms with Crippen LogP contribution in [0, 0.1) is 5.92 Å². The normalized spacial score (nSPS) is 26.5. The summed E-state index contributed by atoms with van der Waals surface area (Å²) in [6.07, 6.45) is 7.30. The molecule has 1 fully saturated rings. The summed E-state index contributed by atoms with van der Waals surface area (Å²) in [6, 6.07) is 0.579. The number of aromatic nitrogens is 2. The van der Waals surface area contributed by atoms with Crippen LogP contribution in [0.1, 0.15) is 57.8 Å². The van der Waals surface area contributed by atoms with Crippen molar-refractivity contribution in [1.82, 2.24) is 9.55 Å². The van der Waals surface area contributed by atoms with Crippen molar-refractivity contribution in [1.29, 1.82) is 0 Å². The molecule has 0 aliphatic carbocycles. The molecule has 0 saturated carbocycles. The van der Waals surface area contributed by atoms with Crippen LogP contribution in [0.2, 0.25) is 0 Å². The van der Waals surface area contributed by atoms with Crippen LogP contribution in [-0.2, 0) is 4.74 Å². The molecule has 1 saturated heterocycles. The first-order valence-corrected chi connectivity index (χ1v) is 6.96. The number of rotatable bonds is 4. The molecule has 1 aliphatic heterocycles. The van der Waals surface area contributed by atoms with Gasteiger partial charge in [-0.2, -0.15) is 0 Å². The first-order chi connectivity index (χ1) is 8.58. The number of hydrogen-bond donors (Lipinski definition) is 1. The molecule has 4 heteroatoms. The van der Waals surface area contributed by atoms with Gasteiger partial charge in [0.2, 0.25) is 0 Å². The lowest BCUT2D eigenvalue weighted by molar-refractivity contribution is 0.00523. The Morgan fingerprint density at radius 1 is 1.56 bits per heavy atom. The number of nitrogens with two attached hydrogens (primary N) is 1. The van der Waals surface area contributed by atoms with Crippen molar-refractivity contribution in [3.8, 4) is 0 Å². The molecule has 0 radical (unpaired) electrons. The number of hydrogen-bond acceptors (Lipinski definition) is 3. The SMILES string of the molecule is CC(C)CC(N)c1cncn1C1CCOC(C)C1. The lowest BCUT2D eigenvalue weighted by atomic mass is 10.00. The topological polar surface area (TPSA) is 53.1 Å². The van der Waals surface area contributed by atoms with E-state index in [1.807, 2.05) is 12.5 Å². The van der Waals surface area contributed by atoms with Gasteiger partial charge in [0, 0.05) is 24.9 Å². The first kappa shape index (κ1) is 13.6. The third kappa shape index (κ3) is 3.12. The highest BCUT2D eigenvalue weighted by Crippen LogP contribution is 2.29. The maximum Gasteiger partial charge on any atom is 0.0951 e. The van der Waals surface area contributed by atoms with Gasteiger partial charge >= 0.3 is 0 Å². The summed E-state index contributed by atoms with van der Waals surface area (Å²) in [5, 5.41) is 0. The second-order valence-corrected chi connectivity index (χ2v) is 5.82. The van der Waals surface area contributed by atoms with E-state index in [1.54, 1.807) is 0 Å². The lowest BCUT2D eigenvalue weighted by Crippen LogP contribution is -2.28. The molecule has 0 bridgehead atoms. The summed E-state index contributed by atoms with van der Waals surface area (Å²) in [5.41, 5.74) is 7.46. The average Bonchev–Trinajstić information content (AvgIpc) is 2.76. The molecule has 0 aromatic carbocycles. The Morgan fingerprint density at radius 2 is 2.33 bits per heavy atom. The van der Waals surface area contributed by atoms with E-state index in [4.69, 9.17) is 10.5 Å². The van der Waals surface area contributed by atoms with Crippen molar-refractivity contribution < 1.29 is 4.74 Å². The highest BCUT2D eigenvalue weighted by molar-refractivity contribution is 5.06. The number of ether oxygens (including phenoxy) is 1. The second kappa shape index (κ2) is 5.85. The van der Waals surface area contributed by atoms with Crippen LogP contribution in [0.4, 0.5) is 0 Å². The molecule has 18 heavy (non-hydrogen) atoms. The van der Waals surface area contributed by atoms with E-state index in [9.17, 15) is 0 Å². The Balaban J connectivity index is 2.11. The fraction of sp³-hybridized carbons (Fsp3) is 0.786. The molecule has 3 atom stereocenters. The number of nitrogens with zero attached hydrogens (tertiary/aromatic N) is 2. The van der Waals surface area contributed by atoms with Crippen molar-refractivity contribution in [2.45, 2.75) is 58.2 Å². The van der Waals surface area contributed by atoms with Gasteiger partial charge in [0.05, 0.1) is 18.1 Å². The van der Waals surface area contributed by atoms with Gasteiger partial charge in [-0.1, -0.05) is 13.8 Å². The van der Waals surface area contributed by atoms with Gasteiger partial charge < -0.3 is 15.0 Å². The molecule has 2 heterocycles. The third-order valence-electron chi connectivity index (χ3n) is 3.65. The van der Waals surface area contributed by atoms with Crippen LogP contribution in [0.3, 0.4) is 0 Å². The van der Waals surface area contributed by atoms with Crippen molar-refractivity contribution in [2.75, 3.05) is 6.61 Å². The summed E-state index contributed by atoms with van der Waals surface area (Å²) in [6.45, 7) is 7.38. The van der Waals surface area contributed by atoms with Crippen LogP contribution in [0.15, 0.2) is 12.5 Å². The smallest absolute Gasteiger partial charge is 0.0951 e. The predicted octanol–water partition coefficient (Wildman–Crippen LogP) is 2.67. The monoisotopic (exact) mass is 251 g/mol. The Kier molecular flexibility index (Phi) is 4.40. The minimum Gasteiger partial charge on any atom is -0.378 e. The maximum atomic E-state index is 6.29. The molecule has 2 rings (SSSR count). The maximum absolute atomic E-state index is 6.29. The van der Waals surface area contributed by atoms with Gasteiger partial charge in [-0.3, -0.25) is 0 Å². The van der Waals surface area contributed by atoms with E-state index < -0.39 is 0 Å². The molecule has 1 aliphatic rings. The summed E-state index contributed by atoms with van der Waals surface area (Å²) in [4.78, 5) is 4.29. The van der Waals surface area contributed by atoms with E-state index in [2.05, 4.69) is 30.3 Å². The van der Waals surface area contributed by atoms with Crippen molar-refractivity contribution >= 4 is 0 Å². The lowest BCUT2D eigenvalue weighted by Gasteiger charge is -2.30. The largest absolute Gasteiger partial charge is 0.378 e. The van der Waals surface area contributed by atoms with Gasteiger partial charge in [-0.25, -0.2) is 4.98 Å². The molecule has 102 valence electrons. The summed E-state index contributed by atoms with van der Waals surface area (Å²) >= 11 is 0. The van der Waals surface area contributed by atoms with Crippen LogP contribution in [-0.4, -0.2) is 22.3 Å². The van der Waals surface area contributed by atoms with Crippen molar-refractivity contribution in [2.24, 2.45) is 11.7 Å². The standard InChI is InChI=1S/C14H25N3O/c1-10(2)6-13(15)14-8-16-9-17(14)12-4-5-18-11(3)7-12/h8-13H,4-7,15H2,1-3H3. The van der Waals surface area contributed by atoms with E-state index >= 15 is 0 Å². The van der Waals surface area contributed by atoms with Crippen LogP contribution >= 0.6 is 0 Å². The predicted molar refractivity (Wildman–Crippen MR) is 72.3 cm³/mol. The zero-order valence-corrected chi connectivity index (χ0v) is 11.7. The zero-order valence-electron chi connectivity index (χ0n) is 11.7. The third-order valence-corrected chi connectivity index (χ3v) is 3.65. The van der Waals surface area contributed by atoms with Crippen molar-refractivity contribution in [3.05, 3.63) is 18.2 Å². The molecule has 3 unspecified atom stereocenters. The average molecular weight is 251 g/mol. The van der Waals surface area contributed by atoms with Gasteiger partial charge in [-0.15, -0.1) is 0 Å². The molecule has 2 N–H and O–H groups in total. The fourth-order valence-electron chi connectivity index (χ4n) is 2.76. The summed E-state index contributed by atoms with van der Waals surface area (Å²) < 4.78 is 7.88. The highest BCUT2D eigenvalue weighted by atomic mass is 16.5. The van der Waals surface area contributed by atoms with E-state index in [0.29, 0.717) is 18.1 Å². The van der Waals surface area contributed by atoms with Gasteiger partial charge in [0.25, 0.3) is 0 Å².